The summed E-state index contributed by atoms with van der Waals surface area (Å²) >= 11 is 5.18. The largest absolute Gasteiger partial charge is 0.463 e. The molecule has 0 spiro atoms. The fraction of sp³-hybridized carbons (Fsp3) is 0.636. The van der Waals surface area contributed by atoms with Crippen LogP contribution >= 0.6 is 11.6 Å². The number of hydrogen-bond acceptors (Lipinski definition) is 3. The van der Waals surface area contributed by atoms with Crippen molar-refractivity contribution in [3.05, 3.63) is 12.2 Å². The number of carbonyl (C=O) groups excluding carboxylic acids is 2. The number of esters is 1. The van der Waals surface area contributed by atoms with Crippen LogP contribution in [0.3, 0.4) is 0 Å². The van der Waals surface area contributed by atoms with E-state index in [0.29, 0.717) is 13.0 Å². The van der Waals surface area contributed by atoms with E-state index in [2.05, 4.69) is 0 Å². The molecule has 4 heteroatoms. The summed E-state index contributed by atoms with van der Waals surface area (Å²) in [5.74, 6) is -0.298. The van der Waals surface area contributed by atoms with Gasteiger partial charge in [-0.2, -0.15) is 0 Å². The number of unbranched alkanes of at least 4 members (excludes halogenated alkanes) is 3. The van der Waals surface area contributed by atoms with E-state index in [1.165, 1.54) is 6.08 Å². The Labute approximate surface area is 95.4 Å². The Bertz CT molecular complexity index is 224. The zero-order valence-electron chi connectivity index (χ0n) is 9.00. The summed E-state index contributed by atoms with van der Waals surface area (Å²) in [6.07, 6.45) is 7.22. The van der Waals surface area contributed by atoms with Crippen LogP contribution in [-0.4, -0.2) is 17.8 Å². The van der Waals surface area contributed by atoms with E-state index in [0.717, 1.165) is 25.7 Å². The average molecular weight is 233 g/mol. The van der Waals surface area contributed by atoms with E-state index in [1.54, 1.807) is 13.0 Å². The molecule has 0 atom stereocenters. The Hall–Kier alpha value is -0.830. The van der Waals surface area contributed by atoms with Crippen molar-refractivity contribution >= 4 is 22.8 Å². The van der Waals surface area contributed by atoms with Crippen molar-refractivity contribution in [2.75, 3.05) is 6.61 Å². The highest BCUT2D eigenvalue weighted by atomic mass is 35.5. The van der Waals surface area contributed by atoms with Gasteiger partial charge in [0.2, 0.25) is 5.24 Å². The minimum Gasteiger partial charge on any atom is -0.463 e. The highest BCUT2D eigenvalue weighted by molar-refractivity contribution is 6.63. The van der Waals surface area contributed by atoms with Crippen LogP contribution in [0.25, 0.3) is 0 Å². The van der Waals surface area contributed by atoms with Gasteiger partial charge in [0.1, 0.15) is 0 Å². The van der Waals surface area contributed by atoms with Gasteiger partial charge >= 0.3 is 5.97 Å². The van der Waals surface area contributed by atoms with Gasteiger partial charge in [0.15, 0.2) is 0 Å². The van der Waals surface area contributed by atoms with Gasteiger partial charge < -0.3 is 4.74 Å². The molecule has 0 saturated carbocycles. The zero-order chi connectivity index (χ0) is 11.5. The van der Waals surface area contributed by atoms with Gasteiger partial charge in [-0.1, -0.05) is 12.5 Å². The van der Waals surface area contributed by atoms with Gasteiger partial charge in [0.05, 0.1) is 6.61 Å². The molecule has 0 rings (SSSR count). The van der Waals surface area contributed by atoms with Crippen molar-refractivity contribution in [1.82, 2.24) is 0 Å². The first-order chi connectivity index (χ1) is 7.16. The maximum Gasteiger partial charge on any atom is 0.330 e. The Kier molecular flexibility index (Phi) is 9.18. The molecule has 0 aromatic heterocycles. The molecule has 3 nitrogen and oxygen atoms in total. The lowest BCUT2D eigenvalue weighted by atomic mass is 10.1. The number of halogens is 1. The second-order valence-electron chi connectivity index (χ2n) is 3.11. The molecule has 0 aliphatic rings. The molecule has 0 N–H and O–H groups in total. The molecule has 0 heterocycles. The van der Waals surface area contributed by atoms with Crippen LogP contribution < -0.4 is 0 Å². The number of rotatable bonds is 8. The van der Waals surface area contributed by atoms with Crippen molar-refractivity contribution in [1.29, 1.82) is 0 Å². The summed E-state index contributed by atoms with van der Waals surface area (Å²) in [6.45, 7) is 2.18. The van der Waals surface area contributed by atoms with E-state index in [4.69, 9.17) is 16.3 Å². The van der Waals surface area contributed by atoms with Gasteiger partial charge in [-0.05, 0) is 37.8 Å². The Balaban J connectivity index is 3.30. The number of ether oxygens (including phenoxy) is 1. The predicted molar refractivity (Wildman–Crippen MR) is 59.7 cm³/mol. The van der Waals surface area contributed by atoms with Crippen molar-refractivity contribution in [2.45, 2.75) is 39.0 Å². The molecule has 0 unspecified atom stereocenters. The first kappa shape index (κ1) is 14.2. The molecule has 0 aromatic carbocycles. The highest BCUT2D eigenvalue weighted by Gasteiger charge is 1.95. The second kappa shape index (κ2) is 9.71. The SMILES string of the molecule is CCOC(=O)/C=C/CCCCCC(=O)Cl. The Morgan fingerprint density at radius 2 is 2.00 bits per heavy atom. The minimum absolute atomic E-state index is 0.280. The standard InChI is InChI=1S/C11H17ClO3/c1-2-15-11(14)9-7-5-3-4-6-8-10(12)13/h7,9H,2-6,8H2,1H3/b9-7+. The molecular formula is C11H17ClO3. The van der Waals surface area contributed by atoms with Crippen LogP contribution in [0.15, 0.2) is 12.2 Å². The highest BCUT2D eigenvalue weighted by Crippen LogP contribution is 2.05. The second-order valence-corrected chi connectivity index (χ2v) is 3.53. The smallest absolute Gasteiger partial charge is 0.330 e. The van der Waals surface area contributed by atoms with Crippen LogP contribution in [0.5, 0.6) is 0 Å². The van der Waals surface area contributed by atoms with E-state index in [9.17, 15) is 9.59 Å². The van der Waals surface area contributed by atoms with Crippen molar-refractivity contribution in [3.8, 4) is 0 Å². The topological polar surface area (TPSA) is 43.4 Å². The van der Waals surface area contributed by atoms with Gasteiger partial charge in [0, 0.05) is 12.5 Å². The van der Waals surface area contributed by atoms with Crippen molar-refractivity contribution in [3.63, 3.8) is 0 Å². The maximum atomic E-state index is 10.9. The molecular weight excluding hydrogens is 216 g/mol. The van der Waals surface area contributed by atoms with Crippen LogP contribution in [0.2, 0.25) is 0 Å². The fourth-order valence-corrected chi connectivity index (χ4v) is 1.21. The van der Waals surface area contributed by atoms with Crippen LogP contribution in [0.4, 0.5) is 0 Å². The molecule has 0 bridgehead atoms. The first-order valence-electron chi connectivity index (χ1n) is 5.18. The Morgan fingerprint density at radius 3 is 2.60 bits per heavy atom. The summed E-state index contributed by atoms with van der Waals surface area (Å²) in [6, 6.07) is 0. The van der Waals surface area contributed by atoms with E-state index in [1.807, 2.05) is 0 Å². The van der Waals surface area contributed by atoms with Gasteiger partial charge in [-0.25, -0.2) is 4.79 Å². The predicted octanol–water partition coefficient (Wildman–Crippen LogP) is 2.82. The quantitative estimate of drug-likeness (QED) is 0.280. The molecule has 86 valence electrons. The Morgan fingerprint density at radius 1 is 1.27 bits per heavy atom. The third-order valence-corrected chi connectivity index (χ3v) is 1.97. The van der Waals surface area contributed by atoms with Crippen molar-refractivity contribution < 1.29 is 14.3 Å². The lowest BCUT2D eigenvalue weighted by Gasteiger charge is -1.96. The summed E-state index contributed by atoms with van der Waals surface area (Å²) < 4.78 is 4.71. The molecule has 0 aliphatic heterocycles. The van der Waals surface area contributed by atoms with E-state index < -0.39 is 0 Å². The summed E-state index contributed by atoms with van der Waals surface area (Å²) in [5.41, 5.74) is 0. The molecule has 0 aliphatic carbocycles. The summed E-state index contributed by atoms with van der Waals surface area (Å²) in [7, 11) is 0. The maximum absolute atomic E-state index is 10.9. The average Bonchev–Trinajstić information content (AvgIpc) is 2.16. The lowest BCUT2D eigenvalue weighted by molar-refractivity contribution is -0.137. The van der Waals surface area contributed by atoms with Gasteiger partial charge in [-0.15, -0.1) is 0 Å². The van der Waals surface area contributed by atoms with Crippen molar-refractivity contribution in [2.24, 2.45) is 0 Å². The van der Waals surface area contributed by atoms with Gasteiger partial charge in [-0.3, -0.25) is 4.79 Å². The normalized spacial score (nSPS) is 10.5. The van der Waals surface area contributed by atoms with E-state index >= 15 is 0 Å². The summed E-state index contributed by atoms with van der Waals surface area (Å²) in [5, 5.41) is -0.280. The number of carbonyl (C=O) groups is 2. The number of allylic oxidation sites excluding steroid dienone is 1. The minimum atomic E-state index is -0.298. The molecule has 0 saturated heterocycles. The molecule has 0 amide bonds. The first-order valence-corrected chi connectivity index (χ1v) is 5.56. The van der Waals surface area contributed by atoms with Crippen LogP contribution in [0.1, 0.15) is 39.0 Å². The third kappa shape index (κ3) is 11.1. The van der Waals surface area contributed by atoms with Crippen LogP contribution in [-0.2, 0) is 14.3 Å². The molecule has 15 heavy (non-hydrogen) atoms. The molecule has 0 fully saturated rings. The van der Waals surface area contributed by atoms with E-state index in [-0.39, 0.29) is 11.2 Å². The van der Waals surface area contributed by atoms with Gasteiger partial charge in [0.25, 0.3) is 0 Å². The fourth-order valence-electron chi connectivity index (χ4n) is 1.07. The summed E-state index contributed by atoms with van der Waals surface area (Å²) in [4.78, 5) is 21.2. The zero-order valence-corrected chi connectivity index (χ0v) is 9.76. The molecule has 0 radical (unpaired) electrons. The molecule has 0 aromatic rings. The lowest BCUT2D eigenvalue weighted by Crippen LogP contribution is -1.98. The third-order valence-electron chi connectivity index (χ3n) is 1.78. The van der Waals surface area contributed by atoms with Crippen LogP contribution in [0, 0.1) is 0 Å². The number of hydrogen-bond donors (Lipinski definition) is 0. The monoisotopic (exact) mass is 232 g/mol.